The third-order valence-electron chi connectivity index (χ3n) is 11.7. The Morgan fingerprint density at radius 1 is 0.755 bits per heavy atom. The quantitative estimate of drug-likeness (QED) is 0.128. The van der Waals surface area contributed by atoms with Crippen LogP contribution in [0.5, 0.6) is 23.0 Å². The first-order chi connectivity index (χ1) is 25.3. The molecule has 4 rings (SSSR count). The molecule has 0 bridgehead atoms. The van der Waals surface area contributed by atoms with Gasteiger partial charge >= 0.3 is 11.9 Å². The van der Waals surface area contributed by atoms with Crippen molar-refractivity contribution in [3.8, 4) is 23.0 Å². The first kappa shape index (κ1) is 42.2. The van der Waals surface area contributed by atoms with Gasteiger partial charge in [0.15, 0.2) is 35.2 Å². The summed E-state index contributed by atoms with van der Waals surface area (Å²) in [4.78, 5) is 26.1. The van der Waals surface area contributed by atoms with Crippen LogP contribution in [0.4, 0.5) is 0 Å². The maximum Gasteiger partial charge on any atom is 0.306 e. The number of phenols is 2. The summed E-state index contributed by atoms with van der Waals surface area (Å²) in [5.41, 5.74) is 3.01. The Morgan fingerprint density at radius 3 is 1.58 bits per heavy atom. The first-order valence-electron chi connectivity index (χ1n) is 19.7. The van der Waals surface area contributed by atoms with Crippen LogP contribution in [0, 0.1) is 5.92 Å². The molecule has 3 unspecified atom stereocenters. The van der Waals surface area contributed by atoms with Gasteiger partial charge in [-0.3, -0.25) is 9.59 Å². The highest BCUT2D eigenvalue weighted by atomic mass is 16.7. The molecule has 2 aromatic carbocycles. The van der Waals surface area contributed by atoms with E-state index in [2.05, 4.69) is 48.5 Å². The molecular formula is C43H64O10. The van der Waals surface area contributed by atoms with E-state index in [1.165, 1.54) is 7.11 Å². The fourth-order valence-corrected chi connectivity index (χ4v) is 8.29. The zero-order valence-electron chi connectivity index (χ0n) is 33.5. The highest BCUT2D eigenvalue weighted by Gasteiger charge is 2.51. The summed E-state index contributed by atoms with van der Waals surface area (Å²) in [5.74, 6) is 0.845. The number of fused-ring (bicyclic) bond motifs is 1. The standard InChI is InChI=1S/C43H64O10/c1-10-18-42(6,13-4)30-20-28(22-32(48-8)38(30)46)14-16-36(44)52-34-25-50-41-35(26-51-40(34)41)53-37(45)17-15-29-21-31(39(47)33(23-29)49-9)43(7,19-11-2)24-27(5)12-3/h20-23,27,34-35,40-41,46-47H,10-19,24-26H2,1-9H3/t27?,34-,35+,40+,41+,42?,43?/m0/s1. The van der Waals surface area contributed by atoms with Crippen molar-refractivity contribution in [3.05, 3.63) is 46.5 Å². The summed E-state index contributed by atoms with van der Waals surface area (Å²) < 4.78 is 34.6. The van der Waals surface area contributed by atoms with E-state index in [0.717, 1.165) is 67.2 Å². The third kappa shape index (κ3) is 9.98. The Morgan fingerprint density at radius 2 is 1.19 bits per heavy atom. The monoisotopic (exact) mass is 740 g/mol. The fourth-order valence-electron chi connectivity index (χ4n) is 8.29. The van der Waals surface area contributed by atoms with Crippen molar-refractivity contribution >= 4 is 11.9 Å². The van der Waals surface area contributed by atoms with Crippen LogP contribution >= 0.6 is 0 Å². The number of ether oxygens (including phenoxy) is 6. The van der Waals surface area contributed by atoms with Gasteiger partial charge in [0.2, 0.25) is 0 Å². The number of hydrogen-bond acceptors (Lipinski definition) is 10. The number of rotatable bonds is 20. The van der Waals surface area contributed by atoms with Crippen molar-refractivity contribution in [1.82, 2.24) is 0 Å². The number of aryl methyl sites for hydroxylation is 2. The molecule has 2 aliphatic heterocycles. The summed E-state index contributed by atoms with van der Waals surface area (Å²) in [6, 6.07) is 7.56. The molecule has 2 N–H and O–H groups in total. The minimum Gasteiger partial charge on any atom is -0.504 e. The van der Waals surface area contributed by atoms with E-state index in [0.29, 0.717) is 30.3 Å². The van der Waals surface area contributed by atoms with E-state index in [1.807, 2.05) is 12.1 Å². The number of carbonyl (C=O) groups excluding carboxylic acids is 2. The van der Waals surface area contributed by atoms with Crippen molar-refractivity contribution < 1.29 is 48.2 Å². The predicted octanol–water partition coefficient (Wildman–Crippen LogP) is 8.26. The number of methoxy groups -OCH3 is 2. The number of aromatic hydroxyl groups is 2. The normalized spacial score (nSPS) is 22.4. The van der Waals surface area contributed by atoms with Gasteiger partial charge < -0.3 is 38.6 Å². The molecule has 10 heteroatoms. The molecule has 0 saturated carbocycles. The summed E-state index contributed by atoms with van der Waals surface area (Å²) in [5, 5.41) is 22.1. The van der Waals surface area contributed by atoms with Crippen molar-refractivity contribution in [3.63, 3.8) is 0 Å². The zero-order valence-corrected chi connectivity index (χ0v) is 33.5. The lowest BCUT2D eigenvalue weighted by atomic mass is 9.71. The first-order valence-corrected chi connectivity index (χ1v) is 19.7. The van der Waals surface area contributed by atoms with Crippen LogP contribution in [-0.2, 0) is 52.2 Å². The van der Waals surface area contributed by atoms with Gasteiger partial charge in [0.05, 0.1) is 27.4 Å². The molecule has 2 aromatic rings. The van der Waals surface area contributed by atoms with Gasteiger partial charge in [-0.25, -0.2) is 0 Å². The smallest absolute Gasteiger partial charge is 0.306 e. The lowest BCUT2D eigenvalue weighted by Crippen LogP contribution is -2.36. The van der Waals surface area contributed by atoms with E-state index < -0.39 is 24.4 Å². The van der Waals surface area contributed by atoms with Crippen molar-refractivity contribution in [1.29, 1.82) is 0 Å². The summed E-state index contributed by atoms with van der Waals surface area (Å²) >= 11 is 0. The van der Waals surface area contributed by atoms with Crippen molar-refractivity contribution in [2.24, 2.45) is 5.92 Å². The topological polar surface area (TPSA) is 130 Å². The Balaban J connectivity index is 1.33. The molecule has 53 heavy (non-hydrogen) atoms. The van der Waals surface area contributed by atoms with Crippen LogP contribution in [0.25, 0.3) is 0 Å². The maximum atomic E-state index is 13.1. The molecule has 0 spiro atoms. The van der Waals surface area contributed by atoms with Crippen LogP contribution < -0.4 is 9.47 Å². The summed E-state index contributed by atoms with van der Waals surface area (Å²) in [6.45, 7) is 15.5. The van der Waals surface area contributed by atoms with E-state index >= 15 is 0 Å². The van der Waals surface area contributed by atoms with Crippen LogP contribution in [0.2, 0.25) is 0 Å². The third-order valence-corrected chi connectivity index (χ3v) is 11.7. The molecule has 10 nitrogen and oxygen atoms in total. The van der Waals surface area contributed by atoms with Gasteiger partial charge in [0.1, 0.15) is 12.2 Å². The van der Waals surface area contributed by atoms with Gasteiger partial charge in [-0.15, -0.1) is 0 Å². The molecule has 296 valence electrons. The highest BCUT2D eigenvalue weighted by Crippen LogP contribution is 2.46. The maximum absolute atomic E-state index is 13.1. The SMILES string of the molecule is CCCC(C)(CC)c1cc(CCC(=O)O[C@H]2CO[C@H]3[C@@H]2OC[C@H]3OC(=O)CCc2cc(OC)c(O)c(C(C)(CCC)CC(C)CC)c2)cc(OC)c1O. The van der Waals surface area contributed by atoms with E-state index in [-0.39, 0.29) is 60.3 Å². The zero-order chi connectivity index (χ0) is 38.9. The molecule has 0 amide bonds. The van der Waals surface area contributed by atoms with E-state index in [1.54, 1.807) is 19.2 Å². The molecule has 2 aliphatic rings. The van der Waals surface area contributed by atoms with Crippen molar-refractivity contribution in [2.45, 2.75) is 154 Å². The van der Waals surface area contributed by atoms with E-state index in [9.17, 15) is 19.8 Å². The Bertz CT molecular complexity index is 1540. The molecule has 2 saturated heterocycles. The second kappa shape index (κ2) is 18.7. The summed E-state index contributed by atoms with van der Waals surface area (Å²) in [7, 11) is 3.08. The number of phenolic OH excluding ortho intramolecular Hbond substituents is 2. The largest absolute Gasteiger partial charge is 0.504 e. The molecule has 0 radical (unpaired) electrons. The second-order valence-corrected chi connectivity index (χ2v) is 15.7. The minimum atomic E-state index is -0.608. The molecule has 2 heterocycles. The van der Waals surface area contributed by atoms with Gasteiger partial charge in [0.25, 0.3) is 0 Å². The lowest BCUT2D eigenvalue weighted by molar-refractivity contribution is -0.155. The number of carbonyl (C=O) groups is 2. The Hall–Kier alpha value is -3.50. The summed E-state index contributed by atoms with van der Waals surface area (Å²) in [6.07, 6.45) is 5.48. The molecule has 0 aromatic heterocycles. The second-order valence-electron chi connectivity index (χ2n) is 15.7. The number of hydrogen-bond donors (Lipinski definition) is 2. The number of benzene rings is 2. The molecular weight excluding hydrogens is 676 g/mol. The van der Waals surface area contributed by atoms with Crippen LogP contribution in [0.1, 0.15) is 129 Å². The average molecular weight is 741 g/mol. The Labute approximate surface area is 316 Å². The Kier molecular flexibility index (Phi) is 14.9. The minimum absolute atomic E-state index is 0.134. The predicted molar refractivity (Wildman–Crippen MR) is 204 cm³/mol. The molecule has 2 fully saturated rings. The average Bonchev–Trinajstić information content (AvgIpc) is 3.73. The van der Waals surface area contributed by atoms with Gasteiger partial charge in [-0.05, 0) is 78.5 Å². The highest BCUT2D eigenvalue weighted by molar-refractivity contribution is 5.71. The number of esters is 2. The molecule has 0 aliphatic carbocycles. The van der Waals surface area contributed by atoms with Gasteiger partial charge in [-0.2, -0.15) is 0 Å². The fraction of sp³-hybridized carbons (Fsp3) is 0.674. The molecule has 7 atom stereocenters. The van der Waals surface area contributed by atoms with Gasteiger partial charge in [0, 0.05) is 24.0 Å². The van der Waals surface area contributed by atoms with Crippen LogP contribution in [0.3, 0.4) is 0 Å². The van der Waals surface area contributed by atoms with E-state index in [4.69, 9.17) is 28.4 Å². The van der Waals surface area contributed by atoms with Gasteiger partial charge in [-0.1, -0.05) is 79.9 Å². The van der Waals surface area contributed by atoms with Crippen molar-refractivity contribution in [2.75, 3.05) is 27.4 Å². The lowest BCUT2D eigenvalue weighted by Gasteiger charge is -2.34. The van der Waals surface area contributed by atoms with Crippen LogP contribution in [0.15, 0.2) is 24.3 Å². The van der Waals surface area contributed by atoms with Crippen LogP contribution in [-0.4, -0.2) is 74.0 Å².